The van der Waals surface area contributed by atoms with Crippen LogP contribution in [0.15, 0.2) is 42.7 Å². The minimum Gasteiger partial charge on any atom is -0.378 e. The molecule has 4 rings (SSSR count). The van der Waals surface area contributed by atoms with Crippen molar-refractivity contribution < 1.29 is 9.47 Å². The summed E-state index contributed by atoms with van der Waals surface area (Å²) < 4.78 is 11.4. The number of benzene rings is 1. The Bertz CT molecular complexity index is 670. The molecule has 0 saturated carbocycles. The van der Waals surface area contributed by atoms with Crippen LogP contribution in [0.4, 0.5) is 11.6 Å². The van der Waals surface area contributed by atoms with Gasteiger partial charge in [-0.15, -0.1) is 0 Å². The highest BCUT2D eigenvalue weighted by Crippen LogP contribution is 2.30. The number of nitrogens with one attached hydrogen (secondary N) is 1. The molecule has 25 heavy (non-hydrogen) atoms. The van der Waals surface area contributed by atoms with Gasteiger partial charge in [0.2, 0.25) is 0 Å². The molecule has 0 radical (unpaired) electrons. The molecule has 2 aromatic rings. The second-order valence-electron chi connectivity index (χ2n) is 6.45. The molecule has 1 aromatic carbocycles. The number of aromatic nitrogens is 2. The molecule has 6 nitrogen and oxygen atoms in total. The van der Waals surface area contributed by atoms with Crippen molar-refractivity contribution in [3.63, 3.8) is 0 Å². The first-order chi connectivity index (χ1) is 12.4. The molecule has 0 bridgehead atoms. The molecule has 2 fully saturated rings. The van der Waals surface area contributed by atoms with Gasteiger partial charge in [0.25, 0.3) is 0 Å². The number of morpholine rings is 1. The fraction of sp³-hybridized carbons (Fsp3) is 0.474. The van der Waals surface area contributed by atoms with Crippen molar-refractivity contribution in [3.8, 4) is 0 Å². The smallest absolute Gasteiger partial charge is 0.134 e. The molecule has 6 heteroatoms. The van der Waals surface area contributed by atoms with Gasteiger partial charge in [-0.3, -0.25) is 0 Å². The molecule has 3 heterocycles. The van der Waals surface area contributed by atoms with Gasteiger partial charge in [-0.25, -0.2) is 9.97 Å². The van der Waals surface area contributed by atoms with Gasteiger partial charge < -0.3 is 19.7 Å². The van der Waals surface area contributed by atoms with E-state index in [1.165, 1.54) is 5.56 Å². The Morgan fingerprint density at radius 3 is 2.68 bits per heavy atom. The van der Waals surface area contributed by atoms with E-state index in [2.05, 4.69) is 44.5 Å². The molecular weight excluding hydrogens is 316 g/mol. The Labute approximate surface area is 148 Å². The van der Waals surface area contributed by atoms with Gasteiger partial charge in [-0.2, -0.15) is 0 Å². The highest BCUT2D eigenvalue weighted by Gasteiger charge is 2.27. The Hall–Kier alpha value is -2.18. The van der Waals surface area contributed by atoms with Crippen LogP contribution < -0.4 is 10.2 Å². The topological polar surface area (TPSA) is 59.5 Å². The summed E-state index contributed by atoms with van der Waals surface area (Å²) >= 11 is 0. The fourth-order valence-electron chi connectivity index (χ4n) is 3.47. The van der Waals surface area contributed by atoms with E-state index >= 15 is 0 Å². The molecule has 2 unspecified atom stereocenters. The number of rotatable bonds is 5. The predicted molar refractivity (Wildman–Crippen MR) is 96.8 cm³/mol. The van der Waals surface area contributed by atoms with Crippen LogP contribution >= 0.6 is 0 Å². The number of hydrogen-bond acceptors (Lipinski definition) is 6. The van der Waals surface area contributed by atoms with E-state index in [-0.39, 0.29) is 12.1 Å². The van der Waals surface area contributed by atoms with Gasteiger partial charge in [0.15, 0.2) is 0 Å². The highest BCUT2D eigenvalue weighted by atomic mass is 16.5. The first kappa shape index (κ1) is 16.3. The fourth-order valence-corrected chi connectivity index (χ4v) is 3.47. The normalized spacial score (nSPS) is 21.9. The minimum atomic E-state index is 0.0936. The lowest BCUT2D eigenvalue weighted by Crippen LogP contribution is -2.36. The molecule has 1 N–H and O–H groups in total. The van der Waals surface area contributed by atoms with Crippen LogP contribution in [0.25, 0.3) is 0 Å². The van der Waals surface area contributed by atoms with E-state index in [4.69, 9.17) is 9.47 Å². The molecule has 2 saturated heterocycles. The van der Waals surface area contributed by atoms with Crippen LogP contribution in [0, 0.1) is 0 Å². The standard InChI is InChI=1S/C19H24N4O2/c1-2-5-15(6-3-1)19(16-7-4-10-25-16)22-17-13-18(21-14-20-17)23-8-11-24-12-9-23/h1-3,5-6,13-14,16,19H,4,7-12H2,(H,20,21,22). The Kier molecular flexibility index (Phi) is 5.09. The van der Waals surface area contributed by atoms with E-state index in [1.54, 1.807) is 6.33 Å². The number of ether oxygens (including phenoxy) is 2. The molecule has 0 spiro atoms. The summed E-state index contributed by atoms with van der Waals surface area (Å²) in [5.41, 5.74) is 1.22. The van der Waals surface area contributed by atoms with E-state index in [1.807, 2.05) is 12.1 Å². The molecule has 2 aliphatic heterocycles. The van der Waals surface area contributed by atoms with Crippen molar-refractivity contribution in [1.82, 2.24) is 9.97 Å². The quantitative estimate of drug-likeness (QED) is 0.903. The van der Waals surface area contributed by atoms with Crippen molar-refractivity contribution in [3.05, 3.63) is 48.3 Å². The molecule has 0 amide bonds. The van der Waals surface area contributed by atoms with Crippen molar-refractivity contribution in [2.75, 3.05) is 43.1 Å². The van der Waals surface area contributed by atoms with Crippen LogP contribution in [0.5, 0.6) is 0 Å². The first-order valence-corrected chi connectivity index (χ1v) is 8.98. The summed E-state index contributed by atoms with van der Waals surface area (Å²) in [6, 6.07) is 12.6. The van der Waals surface area contributed by atoms with Crippen LogP contribution in [0.2, 0.25) is 0 Å². The van der Waals surface area contributed by atoms with E-state index in [0.717, 1.165) is 57.4 Å². The lowest BCUT2D eigenvalue weighted by Gasteiger charge is -2.29. The van der Waals surface area contributed by atoms with Crippen molar-refractivity contribution in [2.45, 2.75) is 25.0 Å². The lowest BCUT2D eigenvalue weighted by atomic mass is 9.99. The largest absolute Gasteiger partial charge is 0.378 e. The SMILES string of the molecule is c1ccc(C(Nc2cc(N3CCOCC3)ncn2)C2CCCO2)cc1. The van der Waals surface area contributed by atoms with Crippen LogP contribution in [0.1, 0.15) is 24.4 Å². The zero-order valence-corrected chi connectivity index (χ0v) is 14.3. The van der Waals surface area contributed by atoms with Gasteiger partial charge >= 0.3 is 0 Å². The summed E-state index contributed by atoms with van der Waals surface area (Å²) in [7, 11) is 0. The second kappa shape index (κ2) is 7.80. The third-order valence-electron chi connectivity index (χ3n) is 4.79. The summed E-state index contributed by atoms with van der Waals surface area (Å²) in [6.45, 7) is 4.05. The van der Waals surface area contributed by atoms with Crippen molar-refractivity contribution >= 4 is 11.6 Å². The van der Waals surface area contributed by atoms with Crippen LogP contribution in [-0.4, -0.2) is 49.0 Å². The zero-order chi connectivity index (χ0) is 16.9. The maximum Gasteiger partial charge on any atom is 0.134 e. The summed E-state index contributed by atoms with van der Waals surface area (Å²) in [5, 5.41) is 3.58. The molecular formula is C19H24N4O2. The zero-order valence-electron chi connectivity index (χ0n) is 14.3. The average Bonchev–Trinajstić information content (AvgIpc) is 3.22. The number of nitrogens with zero attached hydrogens (tertiary/aromatic N) is 3. The Balaban J connectivity index is 1.55. The monoisotopic (exact) mass is 340 g/mol. The second-order valence-corrected chi connectivity index (χ2v) is 6.45. The van der Waals surface area contributed by atoms with Crippen LogP contribution in [-0.2, 0) is 9.47 Å². The number of hydrogen-bond donors (Lipinski definition) is 1. The number of anilines is 2. The molecule has 132 valence electrons. The summed E-state index contributed by atoms with van der Waals surface area (Å²) in [5.74, 6) is 1.78. The van der Waals surface area contributed by atoms with Gasteiger partial charge in [0.05, 0.1) is 25.4 Å². The van der Waals surface area contributed by atoms with Gasteiger partial charge in [-0.05, 0) is 18.4 Å². The average molecular weight is 340 g/mol. The van der Waals surface area contributed by atoms with E-state index < -0.39 is 0 Å². The Morgan fingerprint density at radius 2 is 1.92 bits per heavy atom. The molecule has 1 aromatic heterocycles. The molecule has 2 atom stereocenters. The third kappa shape index (κ3) is 3.91. The highest BCUT2D eigenvalue weighted by molar-refractivity contribution is 5.50. The van der Waals surface area contributed by atoms with Gasteiger partial charge in [0.1, 0.15) is 18.0 Å². The first-order valence-electron chi connectivity index (χ1n) is 8.98. The van der Waals surface area contributed by atoms with Gasteiger partial charge in [-0.1, -0.05) is 30.3 Å². The Morgan fingerprint density at radius 1 is 1.08 bits per heavy atom. The van der Waals surface area contributed by atoms with Crippen LogP contribution in [0.3, 0.4) is 0 Å². The summed E-state index contributed by atoms with van der Waals surface area (Å²) in [6.07, 6.45) is 3.97. The predicted octanol–water partition coefficient (Wildman–Crippen LogP) is 2.65. The van der Waals surface area contributed by atoms with E-state index in [0.29, 0.717) is 0 Å². The maximum absolute atomic E-state index is 5.96. The molecule has 2 aliphatic rings. The minimum absolute atomic E-state index is 0.0936. The molecule has 0 aliphatic carbocycles. The van der Waals surface area contributed by atoms with E-state index in [9.17, 15) is 0 Å². The summed E-state index contributed by atoms with van der Waals surface area (Å²) in [4.78, 5) is 11.1. The lowest BCUT2D eigenvalue weighted by molar-refractivity contribution is 0.0953. The maximum atomic E-state index is 5.96. The third-order valence-corrected chi connectivity index (χ3v) is 4.79. The van der Waals surface area contributed by atoms with Crippen molar-refractivity contribution in [1.29, 1.82) is 0 Å². The van der Waals surface area contributed by atoms with Crippen molar-refractivity contribution in [2.24, 2.45) is 0 Å². The van der Waals surface area contributed by atoms with Gasteiger partial charge in [0, 0.05) is 25.8 Å².